The molecule has 34 heavy (non-hydrogen) atoms. The van der Waals surface area contributed by atoms with Crippen LogP contribution in [0.2, 0.25) is 0 Å². The first kappa shape index (κ1) is 21.2. The maximum absolute atomic E-state index is 13.6. The summed E-state index contributed by atoms with van der Waals surface area (Å²) < 4.78 is 4.54. The van der Waals surface area contributed by atoms with Crippen LogP contribution in [0.4, 0.5) is 0 Å². The second-order valence-electron chi connectivity index (χ2n) is 8.13. The molecular formula is C27H21N5O2. The van der Waals surface area contributed by atoms with Crippen molar-refractivity contribution in [1.29, 1.82) is 5.26 Å². The first-order valence-corrected chi connectivity index (χ1v) is 10.9. The second kappa shape index (κ2) is 8.68. The molecule has 3 aromatic carbocycles. The van der Waals surface area contributed by atoms with Crippen molar-refractivity contribution in [3.8, 4) is 11.8 Å². The molecule has 0 fully saturated rings. The lowest BCUT2D eigenvalue weighted by Gasteiger charge is -2.14. The Morgan fingerprint density at radius 1 is 0.853 bits per heavy atom. The first-order valence-electron chi connectivity index (χ1n) is 10.9. The number of aryl methyl sites for hydroxylation is 1. The molecule has 0 radical (unpaired) electrons. The average Bonchev–Trinajstić information content (AvgIpc) is 3.27. The number of imidazole rings is 1. The van der Waals surface area contributed by atoms with Crippen LogP contribution in [0.15, 0.2) is 94.8 Å². The number of nitrogens with zero attached hydrogens (tertiary/aromatic N) is 5. The summed E-state index contributed by atoms with van der Waals surface area (Å²) >= 11 is 0. The summed E-state index contributed by atoms with van der Waals surface area (Å²) in [6.07, 6.45) is 1.59. The van der Waals surface area contributed by atoms with E-state index >= 15 is 0 Å². The van der Waals surface area contributed by atoms with E-state index in [2.05, 4.69) is 11.1 Å². The molecular weight excluding hydrogens is 426 g/mol. The van der Waals surface area contributed by atoms with Crippen LogP contribution in [0, 0.1) is 18.3 Å². The molecule has 2 aromatic heterocycles. The molecule has 5 rings (SSSR count). The topological polar surface area (TPSA) is 85.6 Å². The van der Waals surface area contributed by atoms with Gasteiger partial charge in [-0.15, -0.1) is 0 Å². The number of hydrogen-bond acceptors (Lipinski definition) is 4. The zero-order valence-electron chi connectivity index (χ0n) is 18.5. The van der Waals surface area contributed by atoms with Crippen molar-refractivity contribution in [1.82, 2.24) is 18.7 Å². The Kier molecular flexibility index (Phi) is 5.40. The zero-order chi connectivity index (χ0) is 23.7. The minimum atomic E-state index is -0.431. The van der Waals surface area contributed by atoms with Crippen molar-refractivity contribution in [3.05, 3.63) is 128 Å². The Morgan fingerprint density at radius 2 is 1.53 bits per heavy atom. The molecule has 166 valence electrons. The molecule has 0 atom stereocenters. The number of nitriles is 1. The zero-order valence-corrected chi connectivity index (χ0v) is 18.5. The third-order valence-electron chi connectivity index (χ3n) is 5.88. The Balaban J connectivity index is 1.75. The van der Waals surface area contributed by atoms with Crippen LogP contribution in [-0.4, -0.2) is 18.7 Å². The highest BCUT2D eigenvalue weighted by molar-refractivity contribution is 5.73. The third kappa shape index (κ3) is 3.71. The average molecular weight is 447 g/mol. The maximum Gasteiger partial charge on any atom is 0.337 e. The lowest BCUT2D eigenvalue weighted by molar-refractivity contribution is 0.676. The van der Waals surface area contributed by atoms with Gasteiger partial charge in [-0.3, -0.25) is 9.36 Å². The van der Waals surface area contributed by atoms with Gasteiger partial charge in [0, 0.05) is 6.54 Å². The SMILES string of the molecule is Cc1ccccc1-n1c(=O)n(Cc2ccccc2)c(=O)c2c1ncn2Cc1ccc(C#N)cc1. The smallest absolute Gasteiger partial charge is 0.320 e. The molecule has 0 spiro atoms. The molecule has 0 saturated carbocycles. The van der Waals surface area contributed by atoms with Gasteiger partial charge in [-0.05, 0) is 41.8 Å². The van der Waals surface area contributed by atoms with Gasteiger partial charge in [-0.1, -0.05) is 60.7 Å². The number of aromatic nitrogens is 4. The summed E-state index contributed by atoms with van der Waals surface area (Å²) in [7, 11) is 0. The fraction of sp³-hybridized carbons (Fsp3) is 0.111. The monoisotopic (exact) mass is 447 g/mol. The van der Waals surface area contributed by atoms with Gasteiger partial charge in [0.25, 0.3) is 5.56 Å². The molecule has 0 N–H and O–H groups in total. The molecule has 7 nitrogen and oxygen atoms in total. The van der Waals surface area contributed by atoms with Gasteiger partial charge in [0.15, 0.2) is 11.2 Å². The van der Waals surface area contributed by atoms with E-state index in [0.717, 1.165) is 16.7 Å². The number of rotatable bonds is 5. The van der Waals surface area contributed by atoms with E-state index in [1.807, 2.05) is 73.7 Å². The molecule has 2 heterocycles. The van der Waals surface area contributed by atoms with Crippen molar-refractivity contribution < 1.29 is 0 Å². The number of fused-ring (bicyclic) bond motifs is 1. The second-order valence-corrected chi connectivity index (χ2v) is 8.13. The van der Waals surface area contributed by atoms with E-state index in [1.165, 1.54) is 9.13 Å². The van der Waals surface area contributed by atoms with Crippen molar-refractivity contribution in [2.75, 3.05) is 0 Å². The minimum absolute atomic E-state index is 0.155. The van der Waals surface area contributed by atoms with E-state index in [0.29, 0.717) is 29.0 Å². The Hall–Kier alpha value is -4.70. The van der Waals surface area contributed by atoms with E-state index < -0.39 is 5.69 Å². The molecule has 5 aromatic rings. The van der Waals surface area contributed by atoms with Crippen molar-refractivity contribution in [2.45, 2.75) is 20.0 Å². The number of benzene rings is 3. The van der Waals surface area contributed by atoms with Gasteiger partial charge in [0.1, 0.15) is 0 Å². The van der Waals surface area contributed by atoms with Crippen LogP contribution in [0.3, 0.4) is 0 Å². The van der Waals surface area contributed by atoms with Crippen molar-refractivity contribution >= 4 is 11.2 Å². The van der Waals surface area contributed by atoms with Crippen LogP contribution < -0.4 is 11.2 Å². The van der Waals surface area contributed by atoms with Gasteiger partial charge in [-0.25, -0.2) is 14.3 Å². The maximum atomic E-state index is 13.6. The van der Waals surface area contributed by atoms with Crippen molar-refractivity contribution in [3.63, 3.8) is 0 Å². The molecule has 0 aliphatic heterocycles. The van der Waals surface area contributed by atoms with Crippen molar-refractivity contribution in [2.24, 2.45) is 0 Å². The molecule has 7 heteroatoms. The molecule has 0 aliphatic carbocycles. The molecule has 0 bridgehead atoms. The van der Waals surface area contributed by atoms with Crippen LogP contribution in [0.5, 0.6) is 0 Å². The lowest BCUT2D eigenvalue weighted by Crippen LogP contribution is -2.40. The lowest BCUT2D eigenvalue weighted by atomic mass is 10.1. The summed E-state index contributed by atoms with van der Waals surface area (Å²) in [5.41, 5.74) is 3.78. The summed E-state index contributed by atoms with van der Waals surface area (Å²) in [4.78, 5) is 31.8. The standard InChI is InChI=1S/C27H21N5O2/c1-19-7-5-6-10-23(19)32-25-24(26(33)31(27(32)34)17-21-8-3-2-4-9-21)30(18-29-25)16-22-13-11-20(15-28)12-14-22/h2-14,18H,16-17H2,1H3. The quantitative estimate of drug-likeness (QED) is 0.412. The van der Waals surface area contributed by atoms with E-state index in [1.54, 1.807) is 23.0 Å². The summed E-state index contributed by atoms with van der Waals surface area (Å²) in [5.74, 6) is 0. The van der Waals surface area contributed by atoms with Crippen LogP contribution >= 0.6 is 0 Å². The highest BCUT2D eigenvalue weighted by Gasteiger charge is 2.20. The largest absolute Gasteiger partial charge is 0.337 e. The first-order chi connectivity index (χ1) is 16.6. The van der Waals surface area contributed by atoms with Crippen LogP contribution in [0.1, 0.15) is 22.3 Å². The number of hydrogen-bond donors (Lipinski definition) is 0. The van der Waals surface area contributed by atoms with Gasteiger partial charge in [0.2, 0.25) is 0 Å². The third-order valence-corrected chi connectivity index (χ3v) is 5.88. The molecule has 0 amide bonds. The fourth-order valence-electron chi connectivity index (χ4n) is 4.12. The van der Waals surface area contributed by atoms with E-state index in [9.17, 15) is 9.59 Å². The highest BCUT2D eigenvalue weighted by Crippen LogP contribution is 2.18. The summed E-state index contributed by atoms with van der Waals surface area (Å²) in [6.45, 7) is 2.46. The normalized spacial score (nSPS) is 10.9. The Bertz CT molecular complexity index is 1650. The fourth-order valence-corrected chi connectivity index (χ4v) is 4.12. The van der Waals surface area contributed by atoms with Gasteiger partial charge < -0.3 is 4.57 Å². The van der Waals surface area contributed by atoms with Gasteiger partial charge >= 0.3 is 5.69 Å². The highest BCUT2D eigenvalue weighted by atomic mass is 16.2. The predicted molar refractivity (Wildman–Crippen MR) is 130 cm³/mol. The van der Waals surface area contributed by atoms with E-state index in [-0.39, 0.29) is 12.1 Å². The van der Waals surface area contributed by atoms with Gasteiger partial charge in [0.05, 0.1) is 30.2 Å². The van der Waals surface area contributed by atoms with Crippen LogP contribution in [-0.2, 0) is 13.1 Å². The molecule has 0 saturated heterocycles. The van der Waals surface area contributed by atoms with Crippen LogP contribution in [0.25, 0.3) is 16.9 Å². The number of para-hydroxylation sites is 1. The molecule has 0 unspecified atom stereocenters. The predicted octanol–water partition coefficient (Wildman–Crippen LogP) is 3.63. The Labute approximate surface area is 195 Å². The molecule has 0 aliphatic rings. The minimum Gasteiger partial charge on any atom is -0.320 e. The summed E-state index contributed by atoms with van der Waals surface area (Å²) in [5, 5.41) is 9.06. The Morgan fingerprint density at radius 3 is 2.24 bits per heavy atom. The van der Waals surface area contributed by atoms with E-state index in [4.69, 9.17) is 5.26 Å². The van der Waals surface area contributed by atoms with Gasteiger partial charge in [-0.2, -0.15) is 5.26 Å². The summed E-state index contributed by atoms with van der Waals surface area (Å²) in [6, 6.07) is 26.3.